The second-order valence-electron chi connectivity index (χ2n) is 6.20. The molecule has 21 heavy (non-hydrogen) atoms. The number of amides is 1. The number of hydrogen-bond acceptors (Lipinski definition) is 3. The van der Waals surface area contributed by atoms with Crippen molar-refractivity contribution < 1.29 is 4.79 Å². The lowest BCUT2D eigenvalue weighted by molar-refractivity contribution is -0.113. The zero-order valence-electron chi connectivity index (χ0n) is 12.7. The van der Waals surface area contributed by atoms with E-state index < -0.39 is 0 Å². The molecular formula is C17H24N2OS. The number of fused-ring (bicyclic) bond motifs is 1. The molecule has 114 valence electrons. The van der Waals surface area contributed by atoms with Crippen molar-refractivity contribution in [1.82, 2.24) is 0 Å². The van der Waals surface area contributed by atoms with Gasteiger partial charge in [-0.1, -0.05) is 19.8 Å². The maximum atomic E-state index is 11.5. The second kappa shape index (κ2) is 6.73. The van der Waals surface area contributed by atoms with E-state index in [2.05, 4.69) is 35.8 Å². The van der Waals surface area contributed by atoms with Crippen molar-refractivity contribution in [3.8, 4) is 0 Å². The van der Waals surface area contributed by atoms with Crippen LogP contribution in [0.5, 0.6) is 0 Å². The van der Waals surface area contributed by atoms with Crippen LogP contribution in [0.2, 0.25) is 0 Å². The maximum absolute atomic E-state index is 11.5. The largest absolute Gasteiger partial charge is 0.382 e. The first kappa shape index (κ1) is 14.8. The van der Waals surface area contributed by atoms with E-state index in [1.165, 1.54) is 43.4 Å². The second-order valence-corrected chi connectivity index (χ2v) is 7.22. The minimum atomic E-state index is 0.102. The van der Waals surface area contributed by atoms with Crippen LogP contribution in [0.1, 0.15) is 45.4 Å². The van der Waals surface area contributed by atoms with Gasteiger partial charge >= 0.3 is 0 Å². The van der Waals surface area contributed by atoms with Gasteiger partial charge in [0, 0.05) is 16.6 Å². The molecule has 0 atom stereocenters. The number of rotatable bonds is 4. The Morgan fingerprint density at radius 3 is 2.86 bits per heavy atom. The average Bonchev–Trinajstić information content (AvgIpc) is 2.49. The van der Waals surface area contributed by atoms with E-state index in [0.29, 0.717) is 11.8 Å². The van der Waals surface area contributed by atoms with Crippen molar-refractivity contribution in [2.75, 3.05) is 16.4 Å². The monoisotopic (exact) mass is 304 g/mol. The molecule has 0 bridgehead atoms. The van der Waals surface area contributed by atoms with Crippen LogP contribution in [0, 0.1) is 5.92 Å². The van der Waals surface area contributed by atoms with Crippen LogP contribution in [0.4, 0.5) is 11.4 Å². The van der Waals surface area contributed by atoms with E-state index in [-0.39, 0.29) is 5.91 Å². The lowest BCUT2D eigenvalue weighted by atomic mass is 9.83. The molecule has 1 aliphatic heterocycles. The molecule has 1 amide bonds. The Labute approximate surface area is 131 Å². The third-order valence-corrected chi connectivity index (χ3v) is 5.60. The Morgan fingerprint density at radius 1 is 1.29 bits per heavy atom. The van der Waals surface area contributed by atoms with E-state index in [1.807, 2.05) is 0 Å². The van der Waals surface area contributed by atoms with Crippen LogP contribution in [0.25, 0.3) is 0 Å². The van der Waals surface area contributed by atoms with Gasteiger partial charge in [-0.2, -0.15) is 0 Å². The van der Waals surface area contributed by atoms with Gasteiger partial charge < -0.3 is 10.6 Å². The Kier molecular flexibility index (Phi) is 4.73. The summed E-state index contributed by atoms with van der Waals surface area (Å²) in [5.74, 6) is 1.57. The minimum Gasteiger partial charge on any atom is -0.382 e. The molecule has 0 spiro atoms. The van der Waals surface area contributed by atoms with Gasteiger partial charge in [0.1, 0.15) is 0 Å². The summed E-state index contributed by atoms with van der Waals surface area (Å²) in [6, 6.07) is 6.92. The molecule has 2 aliphatic rings. The summed E-state index contributed by atoms with van der Waals surface area (Å²) in [6.07, 6.45) is 7.93. The lowest BCUT2D eigenvalue weighted by Gasteiger charge is -2.30. The number of benzene rings is 1. The van der Waals surface area contributed by atoms with E-state index in [9.17, 15) is 4.79 Å². The van der Waals surface area contributed by atoms with Gasteiger partial charge in [-0.05, 0) is 49.8 Å². The summed E-state index contributed by atoms with van der Waals surface area (Å²) in [4.78, 5) is 12.6. The fraction of sp³-hybridized carbons (Fsp3) is 0.588. The summed E-state index contributed by atoms with van der Waals surface area (Å²) >= 11 is 1.62. The number of hydrogen-bond donors (Lipinski definition) is 2. The first-order chi connectivity index (χ1) is 10.2. The van der Waals surface area contributed by atoms with Crippen molar-refractivity contribution in [3.63, 3.8) is 0 Å². The number of nitrogens with one attached hydrogen (secondary N) is 2. The Bertz CT molecular complexity index is 510. The van der Waals surface area contributed by atoms with Gasteiger partial charge in [0.2, 0.25) is 5.91 Å². The summed E-state index contributed by atoms with van der Waals surface area (Å²) in [7, 11) is 0. The quantitative estimate of drug-likeness (QED) is 0.860. The van der Waals surface area contributed by atoms with E-state index >= 15 is 0 Å². The minimum absolute atomic E-state index is 0.102. The van der Waals surface area contributed by atoms with Crippen LogP contribution >= 0.6 is 11.8 Å². The summed E-state index contributed by atoms with van der Waals surface area (Å²) in [5, 5.41) is 6.61. The number of carbonyl (C=O) groups is 1. The predicted octanol–water partition coefficient (Wildman–Crippen LogP) is 4.50. The average molecular weight is 304 g/mol. The number of carbonyl (C=O) groups excluding carboxylic acids is 1. The molecule has 3 nitrogen and oxygen atoms in total. The Hall–Kier alpha value is -1.16. The first-order valence-corrected chi connectivity index (χ1v) is 9.06. The Balaban J connectivity index is 1.59. The zero-order valence-corrected chi connectivity index (χ0v) is 13.5. The molecule has 3 rings (SSSR count). The molecule has 4 heteroatoms. The van der Waals surface area contributed by atoms with Crippen LogP contribution in [0.3, 0.4) is 0 Å². The van der Waals surface area contributed by atoms with E-state index in [4.69, 9.17) is 0 Å². The van der Waals surface area contributed by atoms with Crippen LogP contribution < -0.4 is 10.6 Å². The third-order valence-electron chi connectivity index (χ3n) is 4.53. The van der Waals surface area contributed by atoms with Crippen LogP contribution in [-0.4, -0.2) is 17.7 Å². The molecule has 0 aromatic heterocycles. The summed E-state index contributed by atoms with van der Waals surface area (Å²) in [6.45, 7) is 2.28. The molecular weight excluding hydrogens is 280 g/mol. The molecule has 1 aromatic rings. The Morgan fingerprint density at radius 2 is 2.10 bits per heavy atom. The highest BCUT2D eigenvalue weighted by Gasteiger charge is 2.21. The van der Waals surface area contributed by atoms with Gasteiger partial charge in [-0.15, -0.1) is 11.8 Å². The van der Waals surface area contributed by atoms with Crippen molar-refractivity contribution in [2.24, 2.45) is 5.92 Å². The normalized spacial score (nSPS) is 25.1. The highest BCUT2D eigenvalue weighted by atomic mass is 32.2. The van der Waals surface area contributed by atoms with Crippen LogP contribution in [0.15, 0.2) is 23.1 Å². The fourth-order valence-electron chi connectivity index (χ4n) is 3.41. The van der Waals surface area contributed by atoms with Crippen LogP contribution in [-0.2, 0) is 4.79 Å². The molecule has 1 aromatic carbocycles. The highest BCUT2D eigenvalue weighted by Crippen LogP contribution is 2.35. The predicted molar refractivity (Wildman–Crippen MR) is 90.1 cm³/mol. The van der Waals surface area contributed by atoms with Gasteiger partial charge in [-0.3, -0.25) is 4.79 Å². The summed E-state index contributed by atoms with van der Waals surface area (Å²) < 4.78 is 0. The first-order valence-electron chi connectivity index (χ1n) is 8.08. The van der Waals surface area contributed by atoms with E-state index in [0.717, 1.165) is 17.3 Å². The topological polar surface area (TPSA) is 41.1 Å². The molecule has 1 fully saturated rings. The molecule has 0 radical (unpaired) electrons. The molecule has 1 heterocycles. The van der Waals surface area contributed by atoms with Crippen molar-refractivity contribution in [1.29, 1.82) is 0 Å². The van der Waals surface area contributed by atoms with Crippen molar-refractivity contribution in [3.05, 3.63) is 18.2 Å². The van der Waals surface area contributed by atoms with Crippen molar-refractivity contribution in [2.45, 2.75) is 56.4 Å². The van der Waals surface area contributed by atoms with E-state index in [1.54, 1.807) is 11.8 Å². The smallest absolute Gasteiger partial charge is 0.234 e. The summed E-state index contributed by atoms with van der Waals surface area (Å²) in [5.41, 5.74) is 2.09. The molecule has 0 unspecified atom stereocenters. The number of thioether (sulfide) groups is 1. The highest BCUT2D eigenvalue weighted by molar-refractivity contribution is 8.00. The van der Waals surface area contributed by atoms with Gasteiger partial charge in [0.25, 0.3) is 0 Å². The van der Waals surface area contributed by atoms with Gasteiger partial charge in [0.05, 0.1) is 11.4 Å². The molecule has 1 saturated carbocycles. The number of anilines is 2. The lowest BCUT2D eigenvalue weighted by Crippen LogP contribution is -2.26. The SMILES string of the molecule is CCCC1CCC(Nc2ccc3c(c2)NC(=O)CS3)CC1. The van der Waals surface area contributed by atoms with Gasteiger partial charge in [-0.25, -0.2) is 0 Å². The zero-order chi connectivity index (χ0) is 14.7. The standard InChI is InChI=1S/C17H24N2OS/c1-2-3-12-4-6-13(7-5-12)18-14-8-9-16-15(10-14)19-17(20)11-21-16/h8-10,12-13,18H,2-7,11H2,1H3,(H,19,20). The molecule has 2 N–H and O–H groups in total. The molecule has 0 saturated heterocycles. The molecule has 1 aliphatic carbocycles. The maximum Gasteiger partial charge on any atom is 0.234 e. The van der Waals surface area contributed by atoms with Gasteiger partial charge in [0.15, 0.2) is 0 Å². The third kappa shape index (κ3) is 3.73. The fourth-order valence-corrected chi connectivity index (χ4v) is 4.20. The van der Waals surface area contributed by atoms with Crippen molar-refractivity contribution >= 4 is 29.0 Å².